The predicted molar refractivity (Wildman–Crippen MR) is 64.9 cm³/mol. The highest BCUT2D eigenvalue weighted by atomic mass is 16.2. The first-order chi connectivity index (χ1) is 8.70. The topological polar surface area (TPSA) is 76.7 Å². The normalized spacial score (nSPS) is 15.9. The predicted octanol–water partition coefficient (Wildman–Crippen LogP) is 1.87. The van der Waals surface area contributed by atoms with Gasteiger partial charge in [0.05, 0.1) is 17.7 Å². The molecule has 0 saturated heterocycles. The molecule has 0 bridgehead atoms. The minimum atomic E-state index is -0.799. The molecule has 1 fully saturated rings. The lowest BCUT2D eigenvalue weighted by molar-refractivity contribution is -0.131. The van der Waals surface area contributed by atoms with E-state index in [0.29, 0.717) is 24.9 Å². The summed E-state index contributed by atoms with van der Waals surface area (Å²) in [5, 5.41) is 20.5. The molecule has 1 aromatic carbocycles. The summed E-state index contributed by atoms with van der Waals surface area (Å²) in [6.07, 6.45) is 2.25. The number of nitrogens with one attached hydrogen (secondary N) is 1. The number of carbonyl (C=O) groups is 1. The van der Waals surface area contributed by atoms with Crippen LogP contribution < -0.4 is 5.32 Å². The second-order valence-electron chi connectivity index (χ2n) is 4.54. The van der Waals surface area contributed by atoms with Gasteiger partial charge in [-0.1, -0.05) is 12.1 Å². The maximum Gasteiger partial charge on any atom is 0.240 e. The van der Waals surface area contributed by atoms with Crippen molar-refractivity contribution in [3.05, 3.63) is 35.4 Å². The molecule has 90 valence electrons. The third kappa shape index (κ3) is 2.19. The summed E-state index contributed by atoms with van der Waals surface area (Å²) in [6.45, 7) is 0.397. The summed E-state index contributed by atoms with van der Waals surface area (Å²) >= 11 is 0. The molecule has 2 rings (SSSR count). The number of nitrogens with zero attached hydrogens (tertiary/aromatic N) is 2. The number of carbonyl (C=O) groups excluding carboxylic acids is 1. The lowest BCUT2D eigenvalue weighted by atomic mass is 9.69. The van der Waals surface area contributed by atoms with Crippen LogP contribution in [0.15, 0.2) is 24.3 Å². The van der Waals surface area contributed by atoms with Crippen LogP contribution in [-0.4, -0.2) is 5.91 Å². The minimum Gasteiger partial charge on any atom is -0.351 e. The van der Waals surface area contributed by atoms with Crippen LogP contribution in [0.5, 0.6) is 0 Å². The van der Waals surface area contributed by atoms with Gasteiger partial charge in [-0.15, -0.1) is 0 Å². The third-order valence-electron chi connectivity index (χ3n) is 3.39. The van der Waals surface area contributed by atoms with Gasteiger partial charge in [-0.05, 0) is 37.0 Å². The zero-order valence-electron chi connectivity index (χ0n) is 9.94. The van der Waals surface area contributed by atoms with Gasteiger partial charge in [0, 0.05) is 6.54 Å². The highest BCUT2D eigenvalue weighted by Gasteiger charge is 2.44. The Bertz CT molecular complexity index is 530. The number of rotatable bonds is 3. The zero-order valence-corrected chi connectivity index (χ0v) is 9.94. The van der Waals surface area contributed by atoms with E-state index in [1.807, 2.05) is 6.07 Å². The van der Waals surface area contributed by atoms with Crippen molar-refractivity contribution in [1.82, 2.24) is 5.32 Å². The molecule has 1 aromatic rings. The summed E-state index contributed by atoms with van der Waals surface area (Å²) in [5.41, 5.74) is 0.722. The summed E-state index contributed by atoms with van der Waals surface area (Å²) in [4.78, 5) is 11.9. The average molecular weight is 239 g/mol. The molecule has 0 radical (unpaired) electrons. The van der Waals surface area contributed by atoms with Crippen LogP contribution in [0.3, 0.4) is 0 Å². The molecule has 0 aliphatic heterocycles. The Balaban J connectivity index is 1.94. The lowest BCUT2D eigenvalue weighted by Gasteiger charge is -2.33. The average Bonchev–Trinajstić information content (AvgIpc) is 2.36. The summed E-state index contributed by atoms with van der Waals surface area (Å²) in [5.74, 6) is -0.180. The highest BCUT2D eigenvalue weighted by molar-refractivity contribution is 5.86. The van der Waals surface area contributed by atoms with E-state index in [1.165, 1.54) is 0 Å². The monoisotopic (exact) mass is 239 g/mol. The van der Waals surface area contributed by atoms with Crippen molar-refractivity contribution in [1.29, 1.82) is 10.5 Å². The second kappa shape index (κ2) is 4.89. The Morgan fingerprint density at radius 3 is 2.39 bits per heavy atom. The molecule has 0 atom stereocenters. The van der Waals surface area contributed by atoms with Crippen LogP contribution in [0, 0.1) is 28.1 Å². The number of hydrogen-bond acceptors (Lipinski definition) is 3. The van der Waals surface area contributed by atoms with Gasteiger partial charge < -0.3 is 5.32 Å². The highest BCUT2D eigenvalue weighted by Crippen LogP contribution is 2.40. The Hall–Kier alpha value is -2.33. The Labute approximate surface area is 106 Å². The van der Waals surface area contributed by atoms with E-state index in [0.717, 1.165) is 12.0 Å². The molecule has 1 aliphatic rings. The summed E-state index contributed by atoms with van der Waals surface area (Å²) < 4.78 is 0. The van der Waals surface area contributed by atoms with Gasteiger partial charge >= 0.3 is 0 Å². The molecule has 1 N–H and O–H groups in total. The molecule has 4 heteroatoms. The standard InChI is InChI=1S/C14H13N3O/c15-8-11-2-4-12(5-3-11)9-17-13(18)14(10-16)6-1-7-14/h2-5H,1,6-7,9H2,(H,17,18). The fourth-order valence-corrected chi connectivity index (χ4v) is 1.97. The van der Waals surface area contributed by atoms with Gasteiger partial charge in [-0.3, -0.25) is 4.79 Å². The third-order valence-corrected chi connectivity index (χ3v) is 3.39. The molecule has 0 aromatic heterocycles. The molecule has 1 aliphatic carbocycles. The van der Waals surface area contributed by atoms with Gasteiger partial charge in [0.25, 0.3) is 0 Å². The number of nitriles is 2. The van der Waals surface area contributed by atoms with Crippen LogP contribution in [0.1, 0.15) is 30.4 Å². The van der Waals surface area contributed by atoms with E-state index in [1.54, 1.807) is 24.3 Å². The Kier molecular flexibility index (Phi) is 3.30. The Morgan fingerprint density at radius 1 is 1.28 bits per heavy atom. The van der Waals surface area contributed by atoms with Crippen LogP contribution in [0.25, 0.3) is 0 Å². The summed E-state index contributed by atoms with van der Waals surface area (Å²) in [7, 11) is 0. The number of benzene rings is 1. The molecule has 1 amide bonds. The molecular formula is C14H13N3O. The molecule has 0 unspecified atom stereocenters. The van der Waals surface area contributed by atoms with Gasteiger partial charge in [0.1, 0.15) is 5.41 Å². The lowest BCUT2D eigenvalue weighted by Crippen LogP contribution is -2.44. The van der Waals surface area contributed by atoms with Crippen molar-refractivity contribution >= 4 is 5.91 Å². The van der Waals surface area contributed by atoms with Crippen LogP contribution in [-0.2, 0) is 11.3 Å². The van der Waals surface area contributed by atoms with E-state index in [9.17, 15) is 4.79 Å². The van der Waals surface area contributed by atoms with Crippen molar-refractivity contribution in [2.75, 3.05) is 0 Å². The molecule has 1 saturated carbocycles. The quantitative estimate of drug-likeness (QED) is 0.874. The first-order valence-corrected chi connectivity index (χ1v) is 5.89. The van der Waals surface area contributed by atoms with Crippen molar-refractivity contribution < 1.29 is 4.79 Å². The molecule has 0 heterocycles. The molecule has 4 nitrogen and oxygen atoms in total. The number of amides is 1. The van der Waals surface area contributed by atoms with Crippen molar-refractivity contribution in [2.24, 2.45) is 5.41 Å². The van der Waals surface area contributed by atoms with E-state index >= 15 is 0 Å². The van der Waals surface area contributed by atoms with Crippen molar-refractivity contribution in [2.45, 2.75) is 25.8 Å². The SMILES string of the molecule is N#Cc1ccc(CNC(=O)C2(C#N)CCC2)cc1. The van der Waals surface area contributed by atoms with E-state index in [4.69, 9.17) is 10.5 Å². The van der Waals surface area contributed by atoms with Crippen LogP contribution in [0.2, 0.25) is 0 Å². The van der Waals surface area contributed by atoms with Crippen molar-refractivity contribution in [3.63, 3.8) is 0 Å². The Morgan fingerprint density at radius 2 is 1.94 bits per heavy atom. The first-order valence-electron chi connectivity index (χ1n) is 5.89. The van der Waals surface area contributed by atoms with Crippen LogP contribution >= 0.6 is 0 Å². The molecule has 0 spiro atoms. The smallest absolute Gasteiger partial charge is 0.240 e. The van der Waals surface area contributed by atoms with E-state index in [2.05, 4.69) is 11.4 Å². The van der Waals surface area contributed by atoms with Gasteiger partial charge in [0.15, 0.2) is 0 Å². The molecule has 18 heavy (non-hydrogen) atoms. The summed E-state index contributed by atoms with van der Waals surface area (Å²) in [6, 6.07) is 11.2. The van der Waals surface area contributed by atoms with Crippen molar-refractivity contribution in [3.8, 4) is 12.1 Å². The van der Waals surface area contributed by atoms with Crippen LogP contribution in [0.4, 0.5) is 0 Å². The largest absolute Gasteiger partial charge is 0.351 e. The number of hydrogen-bond donors (Lipinski definition) is 1. The van der Waals surface area contributed by atoms with Gasteiger partial charge in [0.2, 0.25) is 5.91 Å². The zero-order chi connectivity index (χ0) is 13.0. The second-order valence-corrected chi connectivity index (χ2v) is 4.54. The van der Waals surface area contributed by atoms with E-state index < -0.39 is 5.41 Å². The maximum atomic E-state index is 11.9. The molecular weight excluding hydrogens is 226 g/mol. The van der Waals surface area contributed by atoms with Gasteiger partial charge in [-0.25, -0.2) is 0 Å². The first kappa shape index (κ1) is 12.1. The maximum absolute atomic E-state index is 11.9. The fourth-order valence-electron chi connectivity index (χ4n) is 1.97. The van der Waals surface area contributed by atoms with Gasteiger partial charge in [-0.2, -0.15) is 10.5 Å². The fraction of sp³-hybridized carbons (Fsp3) is 0.357. The minimum absolute atomic E-state index is 0.180. The van der Waals surface area contributed by atoms with E-state index in [-0.39, 0.29) is 5.91 Å².